The van der Waals surface area contributed by atoms with Crippen molar-refractivity contribution in [3.05, 3.63) is 45.2 Å². The van der Waals surface area contributed by atoms with E-state index in [0.717, 1.165) is 18.6 Å². The minimum atomic E-state index is -0.473. The predicted octanol–water partition coefficient (Wildman–Crippen LogP) is 3.15. The van der Waals surface area contributed by atoms with Crippen molar-refractivity contribution >= 4 is 40.8 Å². The summed E-state index contributed by atoms with van der Waals surface area (Å²) in [7, 11) is 0. The van der Waals surface area contributed by atoms with Crippen LogP contribution in [0.15, 0.2) is 34.2 Å². The number of aromatic nitrogens is 2. The smallest absolute Gasteiger partial charge is 0.277 e. The highest BCUT2D eigenvalue weighted by molar-refractivity contribution is 7.99. The number of nitrogens with one attached hydrogen (secondary N) is 2. The molecule has 0 saturated heterocycles. The number of amides is 1. The normalized spacial score (nSPS) is 10.5. The number of anilines is 2. The molecule has 1 aromatic carbocycles. The van der Waals surface area contributed by atoms with Crippen molar-refractivity contribution in [1.82, 2.24) is 9.97 Å². The zero-order chi connectivity index (χ0) is 16.8. The topological polar surface area (TPSA) is 101 Å². The van der Waals surface area contributed by atoms with E-state index in [4.69, 9.17) is 17.3 Å². The summed E-state index contributed by atoms with van der Waals surface area (Å²) in [5, 5.41) is 3.46. The number of aromatic amines is 1. The lowest BCUT2D eigenvalue weighted by atomic mass is 10.2. The number of benzene rings is 1. The van der Waals surface area contributed by atoms with Crippen molar-refractivity contribution in [2.75, 3.05) is 16.8 Å². The van der Waals surface area contributed by atoms with Gasteiger partial charge >= 0.3 is 0 Å². The molecule has 0 aliphatic heterocycles. The Morgan fingerprint density at radius 1 is 1.39 bits per heavy atom. The van der Waals surface area contributed by atoms with Crippen LogP contribution in [-0.2, 0) is 0 Å². The molecule has 0 unspecified atom stereocenters. The van der Waals surface area contributed by atoms with Crippen LogP contribution in [0.1, 0.15) is 30.1 Å². The Balaban J connectivity index is 2.15. The molecule has 0 atom stereocenters. The first-order valence-corrected chi connectivity index (χ1v) is 8.47. The molecule has 0 aliphatic rings. The highest BCUT2D eigenvalue weighted by atomic mass is 35.5. The molecule has 0 fully saturated rings. The maximum atomic E-state index is 12.1. The van der Waals surface area contributed by atoms with E-state index >= 15 is 0 Å². The molecule has 2 rings (SSSR count). The van der Waals surface area contributed by atoms with E-state index in [1.54, 1.807) is 24.3 Å². The summed E-state index contributed by atoms with van der Waals surface area (Å²) in [6, 6.07) is 6.31. The highest BCUT2D eigenvalue weighted by Crippen LogP contribution is 2.18. The molecule has 0 bridgehead atoms. The lowest BCUT2D eigenvalue weighted by Gasteiger charge is -2.08. The summed E-state index contributed by atoms with van der Waals surface area (Å²) in [4.78, 5) is 31.0. The molecule has 0 radical (unpaired) electrons. The van der Waals surface area contributed by atoms with Gasteiger partial charge in [0.15, 0.2) is 11.0 Å². The summed E-state index contributed by atoms with van der Waals surface area (Å²) in [6.07, 6.45) is 2.07. The highest BCUT2D eigenvalue weighted by Gasteiger charge is 2.14. The maximum Gasteiger partial charge on any atom is 0.277 e. The molecule has 6 nitrogen and oxygen atoms in total. The summed E-state index contributed by atoms with van der Waals surface area (Å²) in [5.74, 6) is 0.386. The fraction of sp³-hybridized carbons (Fsp3) is 0.267. The number of hydrogen-bond acceptors (Lipinski definition) is 5. The van der Waals surface area contributed by atoms with Crippen LogP contribution < -0.4 is 16.6 Å². The average molecular weight is 353 g/mol. The molecule has 0 aliphatic carbocycles. The molecule has 8 heteroatoms. The van der Waals surface area contributed by atoms with E-state index in [9.17, 15) is 9.59 Å². The van der Waals surface area contributed by atoms with Gasteiger partial charge in [-0.3, -0.25) is 14.6 Å². The predicted molar refractivity (Wildman–Crippen MR) is 94.3 cm³/mol. The number of thioether (sulfide) groups is 1. The summed E-state index contributed by atoms with van der Waals surface area (Å²) >= 11 is 7.20. The molecule has 1 heterocycles. The lowest BCUT2D eigenvalue weighted by Crippen LogP contribution is -2.23. The Morgan fingerprint density at radius 2 is 2.09 bits per heavy atom. The van der Waals surface area contributed by atoms with E-state index in [1.807, 2.05) is 0 Å². The third-order valence-electron chi connectivity index (χ3n) is 3.01. The van der Waals surface area contributed by atoms with Crippen LogP contribution >= 0.6 is 23.4 Å². The van der Waals surface area contributed by atoms with Gasteiger partial charge in [0.2, 0.25) is 0 Å². The van der Waals surface area contributed by atoms with Crippen LogP contribution in [0.2, 0.25) is 5.02 Å². The molecule has 1 amide bonds. The Hall–Kier alpha value is -1.99. The zero-order valence-corrected chi connectivity index (χ0v) is 14.1. The van der Waals surface area contributed by atoms with Gasteiger partial charge in [-0.1, -0.05) is 36.7 Å². The third-order valence-corrected chi connectivity index (χ3v) is 4.22. The van der Waals surface area contributed by atoms with E-state index in [1.165, 1.54) is 11.8 Å². The average Bonchev–Trinajstić information content (AvgIpc) is 2.51. The molecule has 4 N–H and O–H groups in total. The summed E-state index contributed by atoms with van der Waals surface area (Å²) < 4.78 is 0. The van der Waals surface area contributed by atoms with E-state index in [-0.39, 0.29) is 11.5 Å². The van der Waals surface area contributed by atoms with Crippen molar-refractivity contribution in [3.8, 4) is 0 Å². The monoisotopic (exact) mass is 352 g/mol. The molecular weight excluding hydrogens is 336 g/mol. The first-order chi connectivity index (χ1) is 11.0. The fourth-order valence-corrected chi connectivity index (χ4v) is 2.84. The number of unbranched alkanes of at least 4 members (excludes halogenated alkanes) is 1. The van der Waals surface area contributed by atoms with Crippen molar-refractivity contribution in [2.24, 2.45) is 0 Å². The molecule has 2 aromatic rings. The molecule has 122 valence electrons. The van der Waals surface area contributed by atoms with Gasteiger partial charge in [-0.2, -0.15) is 0 Å². The van der Waals surface area contributed by atoms with Gasteiger partial charge in [-0.05, 0) is 30.7 Å². The minimum Gasteiger partial charge on any atom is -0.382 e. The van der Waals surface area contributed by atoms with Crippen LogP contribution in [0.25, 0.3) is 0 Å². The quantitative estimate of drug-likeness (QED) is 0.421. The van der Waals surface area contributed by atoms with E-state index < -0.39 is 11.5 Å². The van der Waals surface area contributed by atoms with Gasteiger partial charge in [-0.25, -0.2) is 4.98 Å². The number of nitrogens with two attached hydrogens (primary N) is 1. The number of rotatable bonds is 6. The van der Waals surface area contributed by atoms with Gasteiger partial charge in [0.25, 0.3) is 11.5 Å². The standard InChI is InChI=1S/C15H17ClN4O2S/c1-2-3-8-23-15-19-12(17)11(14(22)20-15)18-13(21)9-4-6-10(16)7-5-9/h4-7H,2-3,8H2,1H3,(H,18,21)(H3,17,19,20,22). The molecule has 23 heavy (non-hydrogen) atoms. The number of carbonyl (C=O) groups is 1. The van der Waals surface area contributed by atoms with Gasteiger partial charge in [0.05, 0.1) is 0 Å². The number of H-pyrrole nitrogens is 1. The Labute approximate surface area is 142 Å². The van der Waals surface area contributed by atoms with Gasteiger partial charge in [0, 0.05) is 16.3 Å². The minimum absolute atomic E-state index is 0.00457. The molecule has 0 saturated carbocycles. The third kappa shape index (κ3) is 4.74. The van der Waals surface area contributed by atoms with Crippen LogP contribution in [0, 0.1) is 0 Å². The second-order valence-electron chi connectivity index (χ2n) is 4.79. The number of nitrogens with zero attached hydrogens (tertiary/aromatic N) is 1. The van der Waals surface area contributed by atoms with Crippen LogP contribution in [0.4, 0.5) is 11.5 Å². The number of hydrogen-bond donors (Lipinski definition) is 3. The maximum absolute atomic E-state index is 12.1. The number of nitrogen functional groups attached to an aromatic ring is 1. The second-order valence-corrected chi connectivity index (χ2v) is 6.31. The van der Waals surface area contributed by atoms with Crippen LogP contribution in [-0.4, -0.2) is 21.6 Å². The van der Waals surface area contributed by atoms with Crippen molar-refractivity contribution in [3.63, 3.8) is 0 Å². The van der Waals surface area contributed by atoms with Crippen molar-refractivity contribution < 1.29 is 4.79 Å². The van der Waals surface area contributed by atoms with E-state index in [0.29, 0.717) is 15.7 Å². The summed E-state index contributed by atoms with van der Waals surface area (Å²) in [5.41, 5.74) is 5.64. The number of carbonyl (C=O) groups excluding carboxylic acids is 1. The summed E-state index contributed by atoms with van der Waals surface area (Å²) in [6.45, 7) is 2.08. The molecule has 0 spiro atoms. The first kappa shape index (κ1) is 17.4. The van der Waals surface area contributed by atoms with E-state index in [2.05, 4.69) is 22.2 Å². The number of halogens is 1. The second kappa shape index (κ2) is 8.03. The van der Waals surface area contributed by atoms with Crippen molar-refractivity contribution in [1.29, 1.82) is 0 Å². The largest absolute Gasteiger partial charge is 0.382 e. The lowest BCUT2D eigenvalue weighted by molar-refractivity contribution is 0.102. The fourth-order valence-electron chi connectivity index (χ4n) is 1.76. The molecule has 1 aromatic heterocycles. The SMILES string of the molecule is CCCCSc1nc(N)c(NC(=O)c2ccc(Cl)cc2)c(=O)[nH]1. The van der Waals surface area contributed by atoms with Gasteiger partial charge in [-0.15, -0.1) is 0 Å². The zero-order valence-electron chi connectivity index (χ0n) is 12.6. The Morgan fingerprint density at radius 3 is 2.70 bits per heavy atom. The van der Waals surface area contributed by atoms with Gasteiger partial charge < -0.3 is 11.1 Å². The molecular formula is C15H17ClN4O2S. The van der Waals surface area contributed by atoms with Crippen LogP contribution in [0.3, 0.4) is 0 Å². The van der Waals surface area contributed by atoms with Crippen LogP contribution in [0.5, 0.6) is 0 Å². The first-order valence-electron chi connectivity index (χ1n) is 7.10. The van der Waals surface area contributed by atoms with Gasteiger partial charge in [0.1, 0.15) is 5.69 Å². The Kier molecular flexibility index (Phi) is 6.06. The Bertz CT molecular complexity index is 746. The van der Waals surface area contributed by atoms with Crippen molar-refractivity contribution in [2.45, 2.75) is 24.9 Å².